The van der Waals surface area contributed by atoms with Crippen molar-refractivity contribution in [3.05, 3.63) is 23.0 Å². The summed E-state index contributed by atoms with van der Waals surface area (Å²) >= 11 is 5.92. The summed E-state index contributed by atoms with van der Waals surface area (Å²) in [6.07, 6.45) is 1.64. The fraction of sp³-hybridized carbons (Fsp3) is 0.579. The second-order valence-electron chi connectivity index (χ2n) is 8.31. The molecular weight excluding hydrogens is 398 g/mol. The van der Waals surface area contributed by atoms with E-state index in [4.69, 9.17) is 11.6 Å². The van der Waals surface area contributed by atoms with E-state index in [9.17, 15) is 22.4 Å². The van der Waals surface area contributed by atoms with E-state index in [-0.39, 0.29) is 22.9 Å². The van der Waals surface area contributed by atoms with Gasteiger partial charge in [0.25, 0.3) is 5.92 Å². The Balaban J connectivity index is 1.63. The number of aromatic nitrogens is 2. The summed E-state index contributed by atoms with van der Waals surface area (Å²) < 4.78 is 56.5. The Hall–Kier alpha value is -1.83. The van der Waals surface area contributed by atoms with Crippen molar-refractivity contribution in [2.45, 2.75) is 63.1 Å². The third kappa shape index (κ3) is 2.79. The fourth-order valence-corrected chi connectivity index (χ4v) is 4.30. The number of rotatable bonds is 4. The van der Waals surface area contributed by atoms with Crippen molar-refractivity contribution >= 4 is 34.5 Å². The van der Waals surface area contributed by atoms with Crippen LogP contribution in [0.2, 0.25) is 5.02 Å². The Kier molecular flexibility index (Phi) is 4.23. The van der Waals surface area contributed by atoms with Gasteiger partial charge in [0.2, 0.25) is 11.9 Å². The number of alkyl halides is 3. The number of amides is 1. The molecule has 2 atom stereocenters. The Labute approximate surface area is 164 Å². The molecule has 0 bridgehead atoms. The summed E-state index contributed by atoms with van der Waals surface area (Å²) in [5, 5.41) is 2.56. The van der Waals surface area contributed by atoms with Crippen molar-refractivity contribution in [2.75, 3.05) is 5.32 Å². The monoisotopic (exact) mass is 417 g/mol. The van der Waals surface area contributed by atoms with E-state index in [1.54, 1.807) is 4.57 Å². The number of nitrogens with zero attached hydrogens (tertiary/aromatic N) is 2. The van der Waals surface area contributed by atoms with E-state index < -0.39 is 35.7 Å². The minimum atomic E-state index is -3.42. The summed E-state index contributed by atoms with van der Waals surface area (Å²) in [5.41, 5.74) is -2.12. The number of carbonyl (C=O) groups is 1. The van der Waals surface area contributed by atoms with Gasteiger partial charge < -0.3 is 4.57 Å². The van der Waals surface area contributed by atoms with Crippen molar-refractivity contribution in [1.29, 1.82) is 0 Å². The number of nitrogens with one attached hydrogen (secondary N) is 1. The van der Waals surface area contributed by atoms with Crippen LogP contribution in [0.5, 0.6) is 0 Å². The molecular formula is C19H20ClF4N3O. The molecule has 1 N–H and O–H groups in total. The summed E-state index contributed by atoms with van der Waals surface area (Å²) in [4.78, 5) is 16.7. The zero-order valence-electron chi connectivity index (χ0n) is 15.5. The predicted octanol–water partition coefficient (Wildman–Crippen LogP) is 5.44. The van der Waals surface area contributed by atoms with E-state index in [0.29, 0.717) is 11.0 Å². The second kappa shape index (κ2) is 6.08. The maximum absolute atomic E-state index is 14.1. The average Bonchev–Trinajstić information content (AvgIpc) is 2.89. The quantitative estimate of drug-likeness (QED) is 0.673. The van der Waals surface area contributed by atoms with Gasteiger partial charge in [0, 0.05) is 30.4 Å². The standard InChI is InChI=1S/C19H20ClF4N3O/c1-17(4-3-5-17)27-14-7-11(20)12(21)8-13(14)25-16(27)26-15(28)6-10-9-19(23,24)18(10,2)22/h7-8,10H,3-6,9H2,1-2H3,(H,25,26,28). The number of carbonyl (C=O) groups excluding carboxylic acids is 1. The van der Waals surface area contributed by atoms with Gasteiger partial charge in [0.05, 0.1) is 16.1 Å². The second-order valence-corrected chi connectivity index (χ2v) is 8.72. The summed E-state index contributed by atoms with van der Waals surface area (Å²) in [6.45, 7) is 2.82. The molecule has 2 aliphatic carbocycles. The third-order valence-electron chi connectivity index (χ3n) is 6.33. The van der Waals surface area contributed by atoms with Gasteiger partial charge >= 0.3 is 0 Å². The molecule has 2 aromatic rings. The number of benzene rings is 1. The predicted molar refractivity (Wildman–Crippen MR) is 98.0 cm³/mol. The summed E-state index contributed by atoms with van der Waals surface area (Å²) in [7, 11) is 0. The molecule has 2 unspecified atom stereocenters. The highest BCUT2D eigenvalue weighted by Gasteiger charge is 2.66. The Bertz CT molecular complexity index is 968. The molecule has 1 aromatic heterocycles. The number of halogens is 5. The lowest BCUT2D eigenvalue weighted by atomic mass is 9.67. The van der Waals surface area contributed by atoms with Crippen LogP contribution in [0.3, 0.4) is 0 Å². The van der Waals surface area contributed by atoms with E-state index in [1.165, 1.54) is 12.1 Å². The van der Waals surface area contributed by atoms with Gasteiger partial charge in [0.1, 0.15) is 5.82 Å². The van der Waals surface area contributed by atoms with Crippen LogP contribution in [-0.4, -0.2) is 27.0 Å². The Morgan fingerprint density at radius 3 is 2.54 bits per heavy atom. The van der Waals surface area contributed by atoms with Crippen molar-refractivity contribution in [3.8, 4) is 0 Å². The molecule has 2 aliphatic rings. The highest BCUT2D eigenvalue weighted by molar-refractivity contribution is 6.31. The number of anilines is 1. The maximum Gasteiger partial charge on any atom is 0.281 e. The molecule has 4 nitrogen and oxygen atoms in total. The van der Waals surface area contributed by atoms with Gasteiger partial charge in [-0.1, -0.05) is 11.6 Å². The van der Waals surface area contributed by atoms with Gasteiger partial charge in [-0.25, -0.2) is 22.5 Å². The highest BCUT2D eigenvalue weighted by atomic mass is 35.5. The molecule has 0 saturated heterocycles. The lowest BCUT2D eigenvalue weighted by Gasteiger charge is -2.47. The van der Waals surface area contributed by atoms with Crippen molar-refractivity contribution in [1.82, 2.24) is 9.55 Å². The van der Waals surface area contributed by atoms with Crippen molar-refractivity contribution in [2.24, 2.45) is 5.92 Å². The normalized spacial score (nSPS) is 27.9. The molecule has 1 aromatic carbocycles. The molecule has 1 heterocycles. The van der Waals surface area contributed by atoms with E-state index in [0.717, 1.165) is 26.2 Å². The van der Waals surface area contributed by atoms with Gasteiger partial charge in [-0.2, -0.15) is 0 Å². The molecule has 152 valence electrons. The van der Waals surface area contributed by atoms with Crippen LogP contribution >= 0.6 is 11.6 Å². The lowest BCUT2D eigenvalue weighted by Crippen LogP contribution is -2.60. The Morgan fingerprint density at radius 2 is 2.00 bits per heavy atom. The van der Waals surface area contributed by atoms with E-state index in [1.807, 2.05) is 6.92 Å². The lowest BCUT2D eigenvalue weighted by molar-refractivity contribution is -0.242. The zero-order valence-corrected chi connectivity index (χ0v) is 16.2. The van der Waals surface area contributed by atoms with Crippen molar-refractivity contribution in [3.63, 3.8) is 0 Å². The molecule has 0 spiro atoms. The fourth-order valence-electron chi connectivity index (χ4n) is 4.15. The van der Waals surface area contributed by atoms with Gasteiger partial charge in [-0.05, 0) is 39.2 Å². The molecule has 4 rings (SSSR count). The molecule has 2 fully saturated rings. The van der Waals surface area contributed by atoms with Gasteiger partial charge in [-0.3, -0.25) is 10.1 Å². The third-order valence-corrected chi connectivity index (χ3v) is 6.62. The summed E-state index contributed by atoms with van der Waals surface area (Å²) in [6, 6.07) is 2.65. The average molecular weight is 418 g/mol. The summed E-state index contributed by atoms with van der Waals surface area (Å²) in [5.74, 6) is -5.52. The van der Waals surface area contributed by atoms with E-state index >= 15 is 0 Å². The molecule has 0 radical (unpaired) electrons. The number of hydrogen-bond acceptors (Lipinski definition) is 2. The topological polar surface area (TPSA) is 46.9 Å². The Morgan fingerprint density at radius 1 is 1.32 bits per heavy atom. The maximum atomic E-state index is 14.1. The van der Waals surface area contributed by atoms with Gasteiger partial charge in [0.15, 0.2) is 5.67 Å². The van der Waals surface area contributed by atoms with Crippen LogP contribution in [0.15, 0.2) is 12.1 Å². The van der Waals surface area contributed by atoms with Crippen LogP contribution < -0.4 is 5.32 Å². The van der Waals surface area contributed by atoms with Crippen LogP contribution in [0.4, 0.5) is 23.5 Å². The molecule has 0 aliphatic heterocycles. The largest absolute Gasteiger partial charge is 0.304 e. The van der Waals surface area contributed by atoms with Gasteiger partial charge in [-0.15, -0.1) is 0 Å². The minimum absolute atomic E-state index is 0.0562. The minimum Gasteiger partial charge on any atom is -0.304 e. The van der Waals surface area contributed by atoms with Crippen molar-refractivity contribution < 1.29 is 22.4 Å². The van der Waals surface area contributed by atoms with Crippen LogP contribution in [0.1, 0.15) is 46.0 Å². The number of fused-ring (bicyclic) bond motifs is 1. The first kappa shape index (κ1) is 19.5. The smallest absolute Gasteiger partial charge is 0.281 e. The first-order valence-electron chi connectivity index (χ1n) is 9.19. The first-order chi connectivity index (χ1) is 12.9. The van der Waals surface area contributed by atoms with Crippen LogP contribution in [-0.2, 0) is 10.3 Å². The number of hydrogen-bond donors (Lipinski definition) is 1. The first-order valence-corrected chi connectivity index (χ1v) is 9.57. The number of imidazole rings is 1. The molecule has 1 amide bonds. The molecule has 9 heteroatoms. The SMILES string of the molecule is CC1(n2c(NC(=O)CC3CC(F)(F)C3(C)F)nc3cc(F)c(Cl)cc32)CCC1. The van der Waals surface area contributed by atoms with E-state index in [2.05, 4.69) is 10.3 Å². The molecule has 2 saturated carbocycles. The van der Waals surface area contributed by atoms with Crippen LogP contribution in [0, 0.1) is 11.7 Å². The zero-order chi connectivity index (χ0) is 20.5. The highest BCUT2D eigenvalue weighted by Crippen LogP contribution is 2.55. The van der Waals surface area contributed by atoms with Crippen LogP contribution in [0.25, 0.3) is 11.0 Å². The molecule has 28 heavy (non-hydrogen) atoms.